The molecule has 7 heteroatoms. The molecule has 0 aliphatic rings. The number of rotatable bonds is 11. The Hall–Kier alpha value is -3.19. The van der Waals surface area contributed by atoms with Crippen molar-refractivity contribution in [2.75, 3.05) is 13.1 Å². The van der Waals surface area contributed by atoms with Crippen LogP contribution in [0.4, 0.5) is 5.69 Å². The normalized spacial score (nSPS) is 11.9. The largest absolute Gasteiger partial charge is 0.390 e. The fourth-order valence-electron chi connectivity index (χ4n) is 2.83. The summed E-state index contributed by atoms with van der Waals surface area (Å²) >= 11 is 0. The minimum absolute atomic E-state index is 0.0589. The third-order valence-electron chi connectivity index (χ3n) is 4.44. The van der Waals surface area contributed by atoms with Crippen LogP contribution in [0.1, 0.15) is 24.5 Å². The molecule has 7 nitrogen and oxygen atoms in total. The van der Waals surface area contributed by atoms with E-state index in [-0.39, 0.29) is 30.9 Å². The lowest BCUT2D eigenvalue weighted by Gasteiger charge is -2.17. The molecule has 154 valence electrons. The topological polar surface area (TPSA) is 109 Å². The van der Waals surface area contributed by atoms with E-state index >= 15 is 0 Å². The molecule has 0 aliphatic carbocycles. The van der Waals surface area contributed by atoms with Gasteiger partial charge >= 0.3 is 0 Å². The first-order chi connectivity index (χ1) is 14.1. The summed E-state index contributed by atoms with van der Waals surface area (Å²) in [4.78, 5) is 28.0. The van der Waals surface area contributed by atoms with Gasteiger partial charge in [-0.3, -0.25) is 9.59 Å². The Labute approximate surface area is 171 Å². The first-order valence-corrected chi connectivity index (χ1v) is 9.74. The van der Waals surface area contributed by atoms with Gasteiger partial charge in [-0.05, 0) is 36.1 Å². The van der Waals surface area contributed by atoms with Gasteiger partial charge in [0.15, 0.2) is 0 Å². The zero-order valence-electron chi connectivity index (χ0n) is 16.7. The van der Waals surface area contributed by atoms with Crippen LogP contribution in [0.15, 0.2) is 59.6 Å². The number of carbonyl (C=O) groups excluding carboxylic acids is 2. The Balaban J connectivity index is 1.67. The minimum Gasteiger partial charge on any atom is -0.390 e. The molecule has 5 N–H and O–H groups in total. The Morgan fingerprint density at radius 3 is 2.45 bits per heavy atom. The second-order valence-corrected chi connectivity index (χ2v) is 6.68. The van der Waals surface area contributed by atoms with Crippen LogP contribution >= 0.6 is 0 Å². The molecule has 29 heavy (non-hydrogen) atoms. The first-order valence-electron chi connectivity index (χ1n) is 9.74. The van der Waals surface area contributed by atoms with E-state index in [2.05, 4.69) is 40.0 Å². The summed E-state index contributed by atoms with van der Waals surface area (Å²) < 4.78 is 0. The number of aliphatic imine (C=N–C) groups is 1. The average molecular weight is 396 g/mol. The number of amides is 2. The summed E-state index contributed by atoms with van der Waals surface area (Å²) in [6, 6.07) is 17.8. The lowest BCUT2D eigenvalue weighted by molar-refractivity contribution is -0.125. The summed E-state index contributed by atoms with van der Waals surface area (Å²) in [5.41, 5.74) is 8.14. The van der Waals surface area contributed by atoms with E-state index in [1.165, 1.54) is 11.9 Å². The molecular formula is C22H29N5O2. The van der Waals surface area contributed by atoms with E-state index in [9.17, 15) is 9.59 Å². The molecular weight excluding hydrogens is 366 g/mol. The van der Waals surface area contributed by atoms with Crippen molar-refractivity contribution in [1.29, 1.82) is 0 Å². The zero-order valence-corrected chi connectivity index (χ0v) is 16.7. The molecule has 0 bridgehead atoms. The van der Waals surface area contributed by atoms with Gasteiger partial charge in [0.1, 0.15) is 0 Å². The van der Waals surface area contributed by atoms with Gasteiger partial charge in [0.05, 0.1) is 25.1 Å². The third kappa shape index (κ3) is 8.57. The zero-order chi connectivity index (χ0) is 20.9. The van der Waals surface area contributed by atoms with Gasteiger partial charge in [-0.25, -0.2) is 4.99 Å². The molecule has 0 saturated carbocycles. The van der Waals surface area contributed by atoms with E-state index in [1.807, 2.05) is 42.5 Å². The van der Waals surface area contributed by atoms with Gasteiger partial charge < -0.3 is 21.7 Å². The molecule has 2 amide bonds. The van der Waals surface area contributed by atoms with E-state index in [0.29, 0.717) is 6.54 Å². The van der Waals surface area contributed by atoms with Crippen molar-refractivity contribution < 1.29 is 9.59 Å². The highest BCUT2D eigenvalue weighted by Crippen LogP contribution is 2.13. The summed E-state index contributed by atoms with van der Waals surface area (Å²) in [6.45, 7) is 2.56. The molecule has 0 aromatic heterocycles. The van der Waals surface area contributed by atoms with Crippen molar-refractivity contribution in [2.24, 2.45) is 10.7 Å². The van der Waals surface area contributed by atoms with Crippen LogP contribution in [0.5, 0.6) is 0 Å². The molecule has 1 unspecified atom stereocenters. The van der Waals surface area contributed by atoms with Gasteiger partial charge in [-0.15, -0.1) is 0 Å². The second-order valence-electron chi connectivity index (χ2n) is 6.68. The lowest BCUT2D eigenvalue weighted by atomic mass is 10.0. The van der Waals surface area contributed by atoms with Gasteiger partial charge in [0.2, 0.25) is 11.8 Å². The molecule has 2 aromatic carbocycles. The maximum Gasteiger partial charge on any atom is 0.239 e. The number of nitrogens with zero attached hydrogens (tertiary/aromatic N) is 1. The summed E-state index contributed by atoms with van der Waals surface area (Å²) in [5.74, 6) is -0.451. The molecule has 2 aromatic rings. The quantitative estimate of drug-likeness (QED) is 0.343. The number of carbonyl (C=O) groups is 2. The van der Waals surface area contributed by atoms with Crippen LogP contribution in [0, 0.1) is 0 Å². The maximum atomic E-state index is 12.0. The van der Waals surface area contributed by atoms with E-state index < -0.39 is 0 Å². The molecule has 0 aliphatic heterocycles. The molecule has 0 fully saturated rings. The van der Waals surface area contributed by atoms with Crippen molar-refractivity contribution in [1.82, 2.24) is 16.0 Å². The van der Waals surface area contributed by atoms with E-state index in [1.54, 1.807) is 0 Å². The number of benzene rings is 2. The van der Waals surface area contributed by atoms with Crippen LogP contribution in [-0.2, 0) is 22.6 Å². The maximum absolute atomic E-state index is 12.0. The third-order valence-corrected chi connectivity index (χ3v) is 4.44. The Kier molecular flexibility index (Phi) is 9.38. The molecule has 0 heterocycles. The summed E-state index contributed by atoms with van der Waals surface area (Å²) in [7, 11) is 0. The number of hydrogen-bond acceptors (Lipinski definition) is 4. The van der Waals surface area contributed by atoms with Crippen molar-refractivity contribution in [3.8, 4) is 0 Å². The fourth-order valence-corrected chi connectivity index (χ4v) is 2.83. The van der Waals surface area contributed by atoms with Crippen molar-refractivity contribution in [3.05, 3.63) is 65.7 Å². The predicted molar refractivity (Wildman–Crippen MR) is 116 cm³/mol. The van der Waals surface area contributed by atoms with Crippen LogP contribution in [-0.4, -0.2) is 37.3 Å². The molecule has 0 spiro atoms. The van der Waals surface area contributed by atoms with Gasteiger partial charge in [-0.1, -0.05) is 49.4 Å². The lowest BCUT2D eigenvalue weighted by Crippen LogP contribution is -2.43. The number of nitrogens with one attached hydrogen (secondary N) is 3. The molecule has 0 radical (unpaired) electrons. The number of nitrogens with two attached hydrogens (primary N) is 1. The summed E-state index contributed by atoms with van der Waals surface area (Å²) in [6.07, 6.45) is 3.00. The van der Waals surface area contributed by atoms with Crippen molar-refractivity contribution >= 4 is 23.8 Å². The SMILES string of the molecule is CCC(Cc1ccccc1)NCC(=O)NCC(=O)NCc1cccc(N=CN)c1. The molecule has 1 atom stereocenters. The van der Waals surface area contributed by atoms with Gasteiger partial charge in [0, 0.05) is 12.6 Å². The van der Waals surface area contributed by atoms with Crippen LogP contribution in [0.2, 0.25) is 0 Å². The van der Waals surface area contributed by atoms with Gasteiger partial charge in [0.25, 0.3) is 0 Å². The van der Waals surface area contributed by atoms with Crippen LogP contribution < -0.4 is 21.7 Å². The Morgan fingerprint density at radius 2 is 1.72 bits per heavy atom. The van der Waals surface area contributed by atoms with Crippen LogP contribution in [0.3, 0.4) is 0 Å². The standard InChI is InChI=1S/C22H29N5O2/c1-2-19(11-17-7-4-3-5-8-17)24-14-21(28)26-15-22(29)25-13-18-9-6-10-20(12-18)27-16-23/h3-10,12,16,19,24H,2,11,13-15H2,1H3,(H2,23,27)(H,25,29)(H,26,28). The highest BCUT2D eigenvalue weighted by Gasteiger charge is 2.10. The molecule has 2 rings (SSSR count). The average Bonchev–Trinajstić information content (AvgIpc) is 2.75. The Morgan fingerprint density at radius 1 is 1.00 bits per heavy atom. The van der Waals surface area contributed by atoms with Gasteiger partial charge in [-0.2, -0.15) is 0 Å². The smallest absolute Gasteiger partial charge is 0.239 e. The van der Waals surface area contributed by atoms with E-state index in [4.69, 9.17) is 5.73 Å². The highest BCUT2D eigenvalue weighted by atomic mass is 16.2. The first kappa shape index (κ1) is 22.1. The number of hydrogen-bond donors (Lipinski definition) is 4. The van der Waals surface area contributed by atoms with Crippen molar-refractivity contribution in [3.63, 3.8) is 0 Å². The monoisotopic (exact) mass is 395 g/mol. The predicted octanol–water partition coefficient (Wildman–Crippen LogP) is 1.65. The van der Waals surface area contributed by atoms with Crippen LogP contribution in [0.25, 0.3) is 0 Å². The second kappa shape index (κ2) is 12.3. The molecule has 0 saturated heterocycles. The summed E-state index contributed by atoms with van der Waals surface area (Å²) in [5, 5.41) is 8.67. The highest BCUT2D eigenvalue weighted by molar-refractivity contribution is 5.85. The van der Waals surface area contributed by atoms with Crippen molar-refractivity contribution in [2.45, 2.75) is 32.4 Å². The Bertz CT molecular complexity index is 808. The minimum atomic E-state index is -0.248. The fraction of sp³-hybridized carbons (Fsp3) is 0.318. The van der Waals surface area contributed by atoms with E-state index in [0.717, 1.165) is 24.1 Å².